The molecule has 0 radical (unpaired) electrons. The highest BCUT2D eigenvalue weighted by molar-refractivity contribution is 6.12. The lowest BCUT2D eigenvalue weighted by atomic mass is 9.65. The standard InChI is InChI=1S/C52H37N5/c1-4-12-44-36(8-1)37-9-2-5-13-45(37)52(44)46-23-26-53-30-42(46)40-28-41-38-10-3-6-14-48(38)56(50(41)29-47(40)52)34-19-15-32(16-20-34)33-17-21-35(22-18-33)57-49-24-27-54-31-43(49)39-11-7-25-55-51(39)57/h1-12,14-24,26-31,43,45,49,55H,13,25H2. The zero-order valence-corrected chi connectivity index (χ0v) is 31.2. The van der Waals surface area contributed by atoms with Crippen molar-refractivity contribution in [3.05, 3.63) is 204 Å². The monoisotopic (exact) mass is 731 g/mol. The van der Waals surface area contributed by atoms with Crippen LogP contribution in [-0.2, 0) is 5.41 Å². The maximum Gasteiger partial charge on any atom is 0.111 e. The molecule has 0 saturated heterocycles. The summed E-state index contributed by atoms with van der Waals surface area (Å²) in [6.07, 6.45) is 22.8. The van der Waals surface area contributed by atoms with Crippen LogP contribution in [-0.4, -0.2) is 28.4 Å². The van der Waals surface area contributed by atoms with Gasteiger partial charge < -0.3 is 14.8 Å². The van der Waals surface area contributed by atoms with Crippen molar-refractivity contribution >= 4 is 39.3 Å². The van der Waals surface area contributed by atoms with Gasteiger partial charge in [-0.2, -0.15) is 0 Å². The lowest BCUT2D eigenvalue weighted by Crippen LogP contribution is -2.37. The van der Waals surface area contributed by atoms with E-state index >= 15 is 0 Å². The number of aromatic nitrogens is 2. The van der Waals surface area contributed by atoms with E-state index in [2.05, 4.69) is 184 Å². The summed E-state index contributed by atoms with van der Waals surface area (Å²) < 4.78 is 2.48. The average Bonchev–Trinajstić information content (AvgIpc) is 3.98. The molecule has 1 spiro atoms. The first-order valence-electron chi connectivity index (χ1n) is 20.1. The Bertz CT molecular complexity index is 3060. The highest BCUT2D eigenvalue weighted by atomic mass is 15.3. The van der Waals surface area contributed by atoms with Crippen LogP contribution >= 0.6 is 0 Å². The predicted molar refractivity (Wildman–Crippen MR) is 233 cm³/mol. The Kier molecular flexibility index (Phi) is 6.32. The third-order valence-corrected chi connectivity index (χ3v) is 13.6. The maximum absolute atomic E-state index is 4.70. The number of aliphatic imine (C=N–C) groups is 1. The largest absolute Gasteiger partial charge is 0.368 e. The summed E-state index contributed by atoms with van der Waals surface area (Å²) in [7, 11) is 0. The summed E-state index contributed by atoms with van der Waals surface area (Å²) in [4.78, 5) is 11.6. The first kappa shape index (κ1) is 31.2. The van der Waals surface area contributed by atoms with Crippen LogP contribution in [0.4, 0.5) is 5.69 Å². The van der Waals surface area contributed by atoms with E-state index in [0.717, 1.165) is 18.7 Å². The molecule has 3 aliphatic heterocycles. The molecule has 5 heterocycles. The third-order valence-electron chi connectivity index (χ3n) is 13.6. The molecule has 7 aromatic rings. The number of nitrogens with one attached hydrogen (secondary N) is 1. The van der Waals surface area contributed by atoms with Crippen molar-refractivity contribution in [2.75, 3.05) is 11.4 Å². The van der Waals surface area contributed by atoms with Crippen LogP contribution in [0.25, 0.3) is 55.3 Å². The fraction of sp³-hybridized carbons (Fsp3) is 0.115. The van der Waals surface area contributed by atoms with Gasteiger partial charge >= 0.3 is 0 Å². The molecule has 0 saturated carbocycles. The molecule has 5 nitrogen and oxygen atoms in total. The first-order valence-corrected chi connectivity index (χ1v) is 20.1. The van der Waals surface area contributed by atoms with Crippen molar-refractivity contribution in [2.45, 2.75) is 17.9 Å². The zero-order valence-electron chi connectivity index (χ0n) is 31.2. The Morgan fingerprint density at radius 1 is 0.702 bits per heavy atom. The molecule has 5 aromatic carbocycles. The van der Waals surface area contributed by atoms with E-state index in [0.29, 0.717) is 5.92 Å². The Morgan fingerprint density at radius 3 is 2.40 bits per heavy atom. The molecule has 5 heteroatoms. The lowest BCUT2D eigenvalue weighted by molar-refractivity contribution is 0.494. The summed E-state index contributed by atoms with van der Waals surface area (Å²) in [6, 6.07) is 43.7. The quantitative estimate of drug-likeness (QED) is 0.197. The summed E-state index contributed by atoms with van der Waals surface area (Å²) in [5, 5.41) is 6.17. The Hall–Kier alpha value is -6.98. The number of anilines is 1. The molecule has 13 rings (SSSR count). The second-order valence-electron chi connectivity index (χ2n) is 16.1. The van der Waals surface area contributed by atoms with Crippen molar-refractivity contribution < 1.29 is 0 Å². The van der Waals surface area contributed by atoms with Gasteiger partial charge in [-0.25, -0.2) is 0 Å². The topological polar surface area (TPSA) is 45.5 Å². The fourth-order valence-electron chi connectivity index (χ4n) is 11.3. The second-order valence-corrected chi connectivity index (χ2v) is 16.1. The number of hydrogen-bond acceptors (Lipinski definition) is 4. The van der Waals surface area contributed by atoms with E-state index in [1.807, 2.05) is 12.4 Å². The van der Waals surface area contributed by atoms with Gasteiger partial charge in [0, 0.05) is 76.5 Å². The Labute approximate surface area is 331 Å². The van der Waals surface area contributed by atoms with Crippen molar-refractivity contribution in [3.63, 3.8) is 0 Å². The summed E-state index contributed by atoms with van der Waals surface area (Å²) in [5.41, 5.74) is 17.8. The highest BCUT2D eigenvalue weighted by Crippen LogP contribution is 2.65. The van der Waals surface area contributed by atoms with E-state index in [4.69, 9.17) is 4.98 Å². The van der Waals surface area contributed by atoms with Gasteiger partial charge in [0.25, 0.3) is 0 Å². The van der Waals surface area contributed by atoms with Crippen molar-refractivity contribution in [1.82, 2.24) is 14.9 Å². The molecule has 6 aliphatic rings. The number of fused-ring (bicyclic) bond motifs is 15. The number of hydrogen-bond donors (Lipinski definition) is 1. The van der Waals surface area contributed by atoms with E-state index in [1.165, 1.54) is 89.0 Å². The summed E-state index contributed by atoms with van der Waals surface area (Å²) in [6.45, 7) is 0.838. The van der Waals surface area contributed by atoms with Gasteiger partial charge in [0.15, 0.2) is 0 Å². The molecule has 4 atom stereocenters. The molecule has 0 bridgehead atoms. The van der Waals surface area contributed by atoms with E-state index in [9.17, 15) is 0 Å². The number of para-hydroxylation sites is 1. The number of nitrogens with zero attached hydrogens (tertiary/aromatic N) is 4. The molecule has 2 aromatic heterocycles. The first-order chi connectivity index (χ1) is 28.3. The van der Waals surface area contributed by atoms with Crippen LogP contribution in [0.1, 0.15) is 28.7 Å². The number of rotatable bonds is 3. The number of benzene rings is 5. The van der Waals surface area contributed by atoms with E-state index in [-0.39, 0.29) is 17.4 Å². The van der Waals surface area contributed by atoms with Crippen LogP contribution in [0.15, 0.2) is 187 Å². The van der Waals surface area contributed by atoms with Crippen LogP contribution in [0, 0.1) is 11.8 Å². The third kappa shape index (κ3) is 4.08. The van der Waals surface area contributed by atoms with Crippen LogP contribution in [0.3, 0.4) is 0 Å². The van der Waals surface area contributed by atoms with Crippen molar-refractivity contribution in [3.8, 4) is 27.9 Å². The van der Waals surface area contributed by atoms with Gasteiger partial charge in [-0.3, -0.25) is 9.98 Å². The van der Waals surface area contributed by atoms with E-state index < -0.39 is 0 Å². The molecular formula is C52H37N5. The van der Waals surface area contributed by atoms with Gasteiger partial charge in [-0.1, -0.05) is 97.1 Å². The van der Waals surface area contributed by atoms with Gasteiger partial charge in [-0.05, 0) is 106 Å². The Morgan fingerprint density at radius 2 is 1.51 bits per heavy atom. The minimum Gasteiger partial charge on any atom is -0.368 e. The molecule has 3 aliphatic carbocycles. The average molecular weight is 732 g/mol. The summed E-state index contributed by atoms with van der Waals surface area (Å²) in [5.74, 6) is 1.77. The smallest absolute Gasteiger partial charge is 0.111 e. The van der Waals surface area contributed by atoms with Crippen LogP contribution < -0.4 is 10.2 Å². The molecule has 4 unspecified atom stereocenters. The maximum atomic E-state index is 4.70. The normalized spacial score (nSPS) is 23.1. The second kappa shape index (κ2) is 11.5. The lowest BCUT2D eigenvalue weighted by Gasteiger charge is -2.36. The van der Waals surface area contributed by atoms with Crippen molar-refractivity contribution in [1.29, 1.82) is 0 Å². The fourth-order valence-corrected chi connectivity index (χ4v) is 11.3. The molecule has 1 N–H and O–H groups in total. The molecule has 0 amide bonds. The molecular weight excluding hydrogens is 695 g/mol. The van der Waals surface area contributed by atoms with Gasteiger partial charge in [0.1, 0.15) is 5.82 Å². The van der Waals surface area contributed by atoms with Crippen molar-refractivity contribution in [2.24, 2.45) is 16.8 Å². The molecule has 57 heavy (non-hydrogen) atoms. The molecule has 0 fully saturated rings. The molecule has 270 valence electrons. The van der Waals surface area contributed by atoms with Crippen LogP contribution in [0.5, 0.6) is 0 Å². The zero-order chi connectivity index (χ0) is 37.2. The van der Waals surface area contributed by atoms with Gasteiger partial charge in [-0.15, -0.1) is 0 Å². The minimum atomic E-state index is -0.287. The highest BCUT2D eigenvalue weighted by Gasteiger charge is 2.56. The predicted octanol–water partition coefficient (Wildman–Crippen LogP) is 10.9. The Balaban J connectivity index is 0.935. The van der Waals surface area contributed by atoms with Gasteiger partial charge in [0.2, 0.25) is 0 Å². The minimum absolute atomic E-state index is 0.225. The summed E-state index contributed by atoms with van der Waals surface area (Å²) >= 11 is 0. The van der Waals surface area contributed by atoms with Crippen LogP contribution in [0.2, 0.25) is 0 Å². The van der Waals surface area contributed by atoms with Gasteiger partial charge in [0.05, 0.1) is 22.5 Å². The number of pyridine rings is 1. The number of allylic oxidation sites excluding steroid dienone is 5. The number of dihydropyridines is 1. The van der Waals surface area contributed by atoms with E-state index in [1.54, 1.807) is 0 Å². The SMILES string of the molecule is C1=CCC2C(=C1)c1ccccc1C21c2ccncc2-c2cc3c4ccccc4n(-c4ccc(-c5ccc(N6C7=C(C=CCN7)C7C=NC=CC76)cc5)cc4)c3cc21.